The highest BCUT2D eigenvalue weighted by Gasteiger charge is 2.24. The van der Waals surface area contributed by atoms with Crippen LogP contribution in [0.25, 0.3) is 0 Å². The molecule has 2 unspecified atom stereocenters. The summed E-state index contributed by atoms with van der Waals surface area (Å²) in [6.07, 6.45) is 3.71. The van der Waals surface area contributed by atoms with Gasteiger partial charge >= 0.3 is 0 Å². The van der Waals surface area contributed by atoms with Crippen molar-refractivity contribution in [2.24, 2.45) is 5.92 Å². The van der Waals surface area contributed by atoms with Crippen molar-refractivity contribution in [2.75, 3.05) is 38.7 Å². The predicted molar refractivity (Wildman–Crippen MR) is 78.6 cm³/mol. The average molecular weight is 260 g/mol. The third-order valence-electron chi connectivity index (χ3n) is 4.43. The number of benzene rings is 1. The van der Waals surface area contributed by atoms with Crippen LogP contribution in [0.3, 0.4) is 0 Å². The summed E-state index contributed by atoms with van der Waals surface area (Å²) in [5.41, 5.74) is 2.76. The number of anilines is 1. The van der Waals surface area contributed by atoms with Gasteiger partial charge in [-0.1, -0.05) is 18.2 Å². The molecule has 1 N–H and O–H groups in total. The van der Waals surface area contributed by atoms with Gasteiger partial charge in [-0.3, -0.25) is 0 Å². The van der Waals surface area contributed by atoms with Crippen LogP contribution in [0.2, 0.25) is 0 Å². The second kappa shape index (κ2) is 5.93. The molecule has 19 heavy (non-hydrogen) atoms. The maximum Gasteiger partial charge on any atom is 0.0506 e. The van der Waals surface area contributed by atoms with E-state index in [1.807, 2.05) is 0 Å². The lowest BCUT2D eigenvalue weighted by Crippen LogP contribution is -2.44. The lowest BCUT2D eigenvalue weighted by molar-refractivity contribution is 0.0367. The number of rotatable bonds is 3. The molecule has 1 fully saturated rings. The first-order chi connectivity index (χ1) is 9.33. The van der Waals surface area contributed by atoms with Crippen LogP contribution in [0.1, 0.15) is 18.4 Å². The number of likely N-dealkylation sites (N-methyl/N-ethyl adjacent to an activating group) is 1. The zero-order chi connectivity index (χ0) is 13.1. The Morgan fingerprint density at radius 3 is 3.11 bits per heavy atom. The molecular weight excluding hydrogens is 236 g/mol. The predicted octanol–water partition coefficient (Wildman–Crippen LogP) is 2.38. The van der Waals surface area contributed by atoms with Crippen molar-refractivity contribution in [3.63, 3.8) is 0 Å². The van der Waals surface area contributed by atoms with E-state index in [0.717, 1.165) is 38.6 Å². The molecule has 104 valence electrons. The number of nitrogens with zero attached hydrogens (tertiary/aromatic N) is 1. The monoisotopic (exact) mass is 260 g/mol. The van der Waals surface area contributed by atoms with Crippen molar-refractivity contribution < 1.29 is 4.74 Å². The molecule has 1 aromatic rings. The second-order valence-corrected chi connectivity index (χ2v) is 5.92. The van der Waals surface area contributed by atoms with Gasteiger partial charge in [-0.15, -0.1) is 0 Å². The molecule has 2 aliphatic heterocycles. The van der Waals surface area contributed by atoms with Gasteiger partial charge in [-0.25, -0.2) is 0 Å². The lowest BCUT2D eigenvalue weighted by atomic mass is 9.96. The fraction of sp³-hybridized carbons (Fsp3) is 0.625. The van der Waals surface area contributed by atoms with Gasteiger partial charge in [0.2, 0.25) is 0 Å². The van der Waals surface area contributed by atoms with E-state index in [2.05, 4.69) is 41.5 Å². The van der Waals surface area contributed by atoms with E-state index in [9.17, 15) is 0 Å². The molecule has 2 heterocycles. The van der Waals surface area contributed by atoms with Crippen LogP contribution >= 0.6 is 0 Å². The van der Waals surface area contributed by atoms with Gasteiger partial charge in [-0.05, 0) is 43.9 Å². The largest absolute Gasteiger partial charge is 0.383 e. The Bertz CT molecular complexity index is 415. The van der Waals surface area contributed by atoms with Gasteiger partial charge in [-0.2, -0.15) is 0 Å². The highest BCUT2D eigenvalue weighted by Crippen LogP contribution is 2.24. The molecule has 0 aliphatic carbocycles. The SMILES string of the molecule is CN(CC1CCCOC1)C1CNc2ccccc2C1. The minimum absolute atomic E-state index is 0.608. The third-order valence-corrected chi connectivity index (χ3v) is 4.43. The molecule has 0 radical (unpaired) electrons. The standard InChI is InChI=1S/C16H24N2O/c1-18(11-13-5-4-8-19-12-13)15-9-14-6-2-3-7-16(14)17-10-15/h2-3,6-7,13,15,17H,4-5,8-12H2,1H3. The van der Waals surface area contributed by atoms with Gasteiger partial charge in [0.25, 0.3) is 0 Å². The average Bonchev–Trinajstić information content (AvgIpc) is 2.48. The van der Waals surface area contributed by atoms with Crippen molar-refractivity contribution in [3.8, 4) is 0 Å². The summed E-state index contributed by atoms with van der Waals surface area (Å²) in [4.78, 5) is 2.52. The van der Waals surface area contributed by atoms with Crippen molar-refractivity contribution >= 4 is 5.69 Å². The summed E-state index contributed by atoms with van der Waals surface area (Å²) in [5, 5.41) is 3.56. The Labute approximate surface area is 115 Å². The maximum absolute atomic E-state index is 5.58. The van der Waals surface area contributed by atoms with Crippen molar-refractivity contribution in [1.82, 2.24) is 4.90 Å². The Hall–Kier alpha value is -1.06. The van der Waals surface area contributed by atoms with Crippen LogP contribution in [0.15, 0.2) is 24.3 Å². The second-order valence-electron chi connectivity index (χ2n) is 5.92. The van der Waals surface area contributed by atoms with Crippen molar-refractivity contribution in [1.29, 1.82) is 0 Å². The Balaban J connectivity index is 1.58. The molecule has 3 nitrogen and oxygen atoms in total. The first-order valence-corrected chi connectivity index (χ1v) is 7.42. The van der Waals surface area contributed by atoms with Gasteiger partial charge in [0.15, 0.2) is 0 Å². The minimum atomic E-state index is 0.608. The quantitative estimate of drug-likeness (QED) is 0.903. The molecular formula is C16H24N2O. The molecule has 0 saturated carbocycles. The summed E-state index contributed by atoms with van der Waals surface area (Å²) in [6, 6.07) is 9.27. The first-order valence-electron chi connectivity index (χ1n) is 7.42. The van der Waals surface area contributed by atoms with Crippen LogP contribution in [0.4, 0.5) is 5.69 Å². The van der Waals surface area contributed by atoms with Gasteiger partial charge in [0.1, 0.15) is 0 Å². The summed E-state index contributed by atoms with van der Waals surface area (Å²) >= 11 is 0. The summed E-state index contributed by atoms with van der Waals surface area (Å²) in [6.45, 7) is 4.12. The summed E-state index contributed by atoms with van der Waals surface area (Å²) in [5.74, 6) is 0.718. The lowest BCUT2D eigenvalue weighted by Gasteiger charge is -2.36. The smallest absolute Gasteiger partial charge is 0.0506 e. The van der Waals surface area contributed by atoms with E-state index >= 15 is 0 Å². The molecule has 0 bridgehead atoms. The van der Waals surface area contributed by atoms with Gasteiger partial charge < -0.3 is 15.0 Å². The number of ether oxygens (including phenoxy) is 1. The molecule has 2 aliphatic rings. The van der Waals surface area contributed by atoms with Gasteiger partial charge in [0, 0.05) is 31.4 Å². The van der Waals surface area contributed by atoms with E-state index in [-0.39, 0.29) is 0 Å². The van der Waals surface area contributed by atoms with Crippen LogP contribution < -0.4 is 5.32 Å². The van der Waals surface area contributed by atoms with Gasteiger partial charge in [0.05, 0.1) is 6.61 Å². The number of para-hydroxylation sites is 1. The molecule has 1 saturated heterocycles. The van der Waals surface area contributed by atoms with Crippen LogP contribution in [-0.4, -0.2) is 44.3 Å². The van der Waals surface area contributed by atoms with Crippen LogP contribution in [0.5, 0.6) is 0 Å². The fourth-order valence-corrected chi connectivity index (χ4v) is 3.24. The van der Waals surface area contributed by atoms with Crippen LogP contribution in [0, 0.1) is 5.92 Å². The normalized spacial score (nSPS) is 26.8. The van der Waals surface area contributed by atoms with E-state index in [0.29, 0.717) is 6.04 Å². The third kappa shape index (κ3) is 3.10. The van der Waals surface area contributed by atoms with E-state index in [1.54, 1.807) is 0 Å². The molecule has 3 rings (SSSR count). The highest BCUT2D eigenvalue weighted by atomic mass is 16.5. The topological polar surface area (TPSA) is 24.5 Å². The number of hydrogen-bond donors (Lipinski definition) is 1. The Morgan fingerprint density at radius 1 is 1.37 bits per heavy atom. The molecule has 1 aromatic carbocycles. The Morgan fingerprint density at radius 2 is 2.26 bits per heavy atom. The number of fused-ring (bicyclic) bond motifs is 1. The van der Waals surface area contributed by atoms with Crippen molar-refractivity contribution in [3.05, 3.63) is 29.8 Å². The zero-order valence-corrected chi connectivity index (χ0v) is 11.8. The maximum atomic E-state index is 5.58. The number of nitrogens with one attached hydrogen (secondary N) is 1. The van der Waals surface area contributed by atoms with Crippen LogP contribution in [-0.2, 0) is 11.2 Å². The van der Waals surface area contributed by atoms with Crippen molar-refractivity contribution in [2.45, 2.75) is 25.3 Å². The fourth-order valence-electron chi connectivity index (χ4n) is 3.24. The Kier molecular flexibility index (Phi) is 4.04. The molecule has 0 spiro atoms. The van der Waals surface area contributed by atoms with E-state index in [1.165, 1.54) is 24.1 Å². The summed E-state index contributed by atoms with van der Waals surface area (Å²) in [7, 11) is 2.26. The molecule has 0 amide bonds. The molecule has 3 heteroatoms. The summed E-state index contributed by atoms with van der Waals surface area (Å²) < 4.78 is 5.58. The molecule has 0 aromatic heterocycles. The number of hydrogen-bond acceptors (Lipinski definition) is 3. The van der Waals surface area contributed by atoms with E-state index in [4.69, 9.17) is 4.74 Å². The first kappa shape index (κ1) is 12.9. The highest BCUT2D eigenvalue weighted by molar-refractivity contribution is 5.53. The molecule has 2 atom stereocenters. The van der Waals surface area contributed by atoms with E-state index < -0.39 is 0 Å². The zero-order valence-electron chi connectivity index (χ0n) is 11.8. The minimum Gasteiger partial charge on any atom is -0.383 e.